The molecule has 11 heavy (non-hydrogen) atoms. The molecule has 0 saturated carbocycles. The highest BCUT2D eigenvalue weighted by atomic mass is 35.5. The Kier molecular flexibility index (Phi) is 6.96. The van der Waals surface area contributed by atoms with Gasteiger partial charge in [-0.3, -0.25) is 0 Å². The molecule has 4 heteroatoms. The number of halogens is 1. The minimum Gasteiger partial charge on any atom is -1.00 e. The van der Waals surface area contributed by atoms with Gasteiger partial charge in [0.2, 0.25) is 6.29 Å². The van der Waals surface area contributed by atoms with E-state index >= 15 is 0 Å². The lowest BCUT2D eigenvalue weighted by molar-refractivity contribution is -0.910. The maximum Gasteiger partial charge on any atom is 0.215 e. The minimum atomic E-state index is 0. The van der Waals surface area contributed by atoms with Gasteiger partial charge in [0.05, 0.1) is 0 Å². The fraction of sp³-hybridized carbons (Fsp3) is 1.00. The summed E-state index contributed by atoms with van der Waals surface area (Å²) in [5.41, 5.74) is 1.82. The van der Waals surface area contributed by atoms with Gasteiger partial charge < -0.3 is 17.1 Å². The maximum atomic E-state index is 5.33. The Balaban J connectivity index is 0.000001000. The van der Waals surface area contributed by atoms with Crippen molar-refractivity contribution < 1.29 is 27.5 Å². The Hall–Kier alpha value is 0.170. The van der Waals surface area contributed by atoms with Crippen molar-refractivity contribution in [2.24, 2.45) is 0 Å². The van der Waals surface area contributed by atoms with Gasteiger partial charge >= 0.3 is 0 Å². The van der Waals surface area contributed by atoms with E-state index in [4.69, 9.17) is 9.57 Å². The molecular formula is C7H16ClNO2. The molecule has 68 valence electrons. The summed E-state index contributed by atoms with van der Waals surface area (Å²) < 4.78 is 5.33. The normalized spacial score (nSPS) is 24.3. The monoisotopic (exact) mass is 181 g/mol. The highest BCUT2D eigenvalue weighted by Crippen LogP contribution is 2.10. The van der Waals surface area contributed by atoms with Gasteiger partial charge in [-0.25, -0.2) is 0 Å². The van der Waals surface area contributed by atoms with Crippen LogP contribution in [0.5, 0.6) is 0 Å². The Morgan fingerprint density at radius 2 is 2.36 bits per heavy atom. The lowest BCUT2D eigenvalue weighted by Gasteiger charge is -2.19. The molecular weight excluding hydrogens is 166 g/mol. The standard InChI is InChI=1S/C7H15NO2.ClH/c1-2-8-10-7-5-3-4-6-9-7;/h7-8H,2-6H2,1H3;1H. The van der Waals surface area contributed by atoms with Crippen LogP contribution in [0.15, 0.2) is 0 Å². The molecule has 0 aromatic carbocycles. The molecule has 3 nitrogen and oxygen atoms in total. The van der Waals surface area contributed by atoms with Crippen molar-refractivity contribution in [1.82, 2.24) is 0 Å². The zero-order valence-corrected chi connectivity index (χ0v) is 7.64. The van der Waals surface area contributed by atoms with Gasteiger partial charge in [-0.05, 0) is 19.8 Å². The van der Waals surface area contributed by atoms with Crippen LogP contribution in [0.2, 0.25) is 0 Å². The fourth-order valence-electron chi connectivity index (χ4n) is 1.02. The van der Waals surface area contributed by atoms with E-state index in [1.165, 1.54) is 12.8 Å². The molecule has 0 aliphatic carbocycles. The van der Waals surface area contributed by atoms with E-state index in [-0.39, 0.29) is 18.7 Å². The van der Waals surface area contributed by atoms with Crippen LogP contribution in [-0.2, 0) is 9.57 Å². The van der Waals surface area contributed by atoms with Crippen molar-refractivity contribution >= 4 is 0 Å². The van der Waals surface area contributed by atoms with E-state index in [0.717, 1.165) is 19.6 Å². The Bertz CT molecular complexity index is 86.5. The van der Waals surface area contributed by atoms with E-state index < -0.39 is 0 Å². The lowest BCUT2D eigenvalue weighted by Crippen LogP contribution is -3.00. The molecule has 1 aliphatic heterocycles. The van der Waals surface area contributed by atoms with Crippen LogP contribution >= 0.6 is 0 Å². The van der Waals surface area contributed by atoms with Gasteiger partial charge in [0.1, 0.15) is 6.54 Å². The van der Waals surface area contributed by atoms with Crippen LogP contribution < -0.4 is 17.9 Å². The summed E-state index contributed by atoms with van der Waals surface area (Å²) in [6, 6.07) is 0. The molecule has 1 saturated heterocycles. The zero-order chi connectivity index (χ0) is 7.23. The highest BCUT2D eigenvalue weighted by molar-refractivity contribution is 4.51. The first-order valence-corrected chi connectivity index (χ1v) is 4.02. The molecule has 0 bridgehead atoms. The van der Waals surface area contributed by atoms with Gasteiger partial charge in [0.15, 0.2) is 0 Å². The van der Waals surface area contributed by atoms with Gasteiger partial charge in [0.25, 0.3) is 0 Å². The first-order valence-electron chi connectivity index (χ1n) is 4.02. The maximum absolute atomic E-state index is 5.33. The van der Waals surface area contributed by atoms with E-state index in [9.17, 15) is 0 Å². The Morgan fingerprint density at radius 3 is 2.91 bits per heavy atom. The van der Waals surface area contributed by atoms with Gasteiger partial charge in [-0.1, -0.05) is 0 Å². The molecule has 0 spiro atoms. The van der Waals surface area contributed by atoms with E-state index in [1.807, 2.05) is 5.48 Å². The zero-order valence-electron chi connectivity index (χ0n) is 6.88. The van der Waals surface area contributed by atoms with Crippen molar-refractivity contribution in [2.45, 2.75) is 32.5 Å². The van der Waals surface area contributed by atoms with Crippen molar-refractivity contribution in [1.29, 1.82) is 0 Å². The SMILES string of the molecule is CC[NH2+]OC1CCCCO1.[Cl-]. The molecule has 0 aromatic rings. The molecule has 0 amide bonds. The van der Waals surface area contributed by atoms with Crippen molar-refractivity contribution in [3.8, 4) is 0 Å². The minimum absolute atomic E-state index is 0. The summed E-state index contributed by atoms with van der Waals surface area (Å²) in [4.78, 5) is 5.28. The average molecular weight is 182 g/mol. The van der Waals surface area contributed by atoms with Crippen LogP contribution in [0, 0.1) is 0 Å². The summed E-state index contributed by atoms with van der Waals surface area (Å²) >= 11 is 0. The third-order valence-corrected chi connectivity index (χ3v) is 1.55. The third kappa shape index (κ3) is 4.58. The average Bonchev–Trinajstić information content (AvgIpc) is 2.03. The Labute approximate surface area is 73.8 Å². The predicted molar refractivity (Wildman–Crippen MR) is 37.1 cm³/mol. The van der Waals surface area contributed by atoms with Crippen LogP contribution in [0.4, 0.5) is 0 Å². The summed E-state index contributed by atoms with van der Waals surface area (Å²) in [5.74, 6) is 0. The van der Waals surface area contributed by atoms with Crippen LogP contribution in [0.1, 0.15) is 26.2 Å². The highest BCUT2D eigenvalue weighted by Gasteiger charge is 2.15. The number of hydrogen-bond donors (Lipinski definition) is 1. The van der Waals surface area contributed by atoms with Crippen molar-refractivity contribution in [3.05, 3.63) is 0 Å². The Morgan fingerprint density at radius 1 is 1.55 bits per heavy atom. The number of ether oxygens (including phenoxy) is 1. The number of nitrogens with two attached hydrogens (primary N) is 1. The molecule has 1 unspecified atom stereocenters. The van der Waals surface area contributed by atoms with Crippen LogP contribution in [0.3, 0.4) is 0 Å². The molecule has 0 radical (unpaired) electrons. The number of hydroxylamine groups is 1. The van der Waals surface area contributed by atoms with Crippen molar-refractivity contribution in [2.75, 3.05) is 13.2 Å². The topological polar surface area (TPSA) is 35.1 Å². The first-order chi connectivity index (χ1) is 4.93. The summed E-state index contributed by atoms with van der Waals surface area (Å²) in [7, 11) is 0. The molecule has 1 heterocycles. The number of hydrogen-bond acceptors (Lipinski definition) is 2. The van der Waals surface area contributed by atoms with E-state index in [1.54, 1.807) is 0 Å². The second-order valence-corrected chi connectivity index (χ2v) is 2.51. The molecule has 2 N–H and O–H groups in total. The van der Waals surface area contributed by atoms with E-state index in [2.05, 4.69) is 6.92 Å². The lowest BCUT2D eigenvalue weighted by atomic mass is 10.2. The molecule has 0 aromatic heterocycles. The van der Waals surface area contributed by atoms with Crippen LogP contribution in [0.25, 0.3) is 0 Å². The third-order valence-electron chi connectivity index (χ3n) is 1.55. The summed E-state index contributed by atoms with van der Waals surface area (Å²) in [6.07, 6.45) is 3.53. The second kappa shape index (κ2) is 6.85. The summed E-state index contributed by atoms with van der Waals surface area (Å²) in [5, 5.41) is 0. The van der Waals surface area contributed by atoms with E-state index in [0.29, 0.717) is 0 Å². The van der Waals surface area contributed by atoms with Crippen molar-refractivity contribution in [3.63, 3.8) is 0 Å². The van der Waals surface area contributed by atoms with Gasteiger partial charge in [-0.15, -0.1) is 0 Å². The quantitative estimate of drug-likeness (QED) is 0.472. The number of rotatable bonds is 3. The largest absolute Gasteiger partial charge is 1.00 e. The first kappa shape index (κ1) is 11.2. The van der Waals surface area contributed by atoms with Gasteiger partial charge in [0, 0.05) is 13.0 Å². The smallest absolute Gasteiger partial charge is 0.215 e. The fourth-order valence-corrected chi connectivity index (χ4v) is 1.02. The number of quaternary nitrogens is 1. The molecule has 1 fully saturated rings. The predicted octanol–water partition coefficient (Wildman–Crippen LogP) is -2.97. The molecule has 1 rings (SSSR count). The summed E-state index contributed by atoms with van der Waals surface area (Å²) in [6.45, 7) is 3.88. The van der Waals surface area contributed by atoms with Crippen LogP contribution in [-0.4, -0.2) is 19.4 Å². The molecule has 1 aliphatic rings. The molecule has 1 atom stereocenters. The van der Waals surface area contributed by atoms with Gasteiger partial charge in [-0.2, -0.15) is 10.3 Å². The second-order valence-electron chi connectivity index (χ2n) is 2.51.